The molecule has 0 N–H and O–H groups in total. The van der Waals surface area contributed by atoms with E-state index in [1.165, 1.54) is 0 Å². The Balaban J connectivity index is 1.36. The first kappa shape index (κ1) is 24.5. The largest absolute Gasteiger partial charge is 0.476 e. The van der Waals surface area contributed by atoms with Crippen molar-refractivity contribution in [1.82, 2.24) is 24.9 Å². The predicted octanol–water partition coefficient (Wildman–Crippen LogP) is 2.79. The van der Waals surface area contributed by atoms with Gasteiger partial charge in [0.25, 0.3) is 5.91 Å². The Labute approximate surface area is 216 Å². The lowest BCUT2D eigenvalue weighted by Crippen LogP contribution is -2.41. The van der Waals surface area contributed by atoms with E-state index < -0.39 is 5.41 Å². The number of hydrogen-bond acceptors (Lipinski definition) is 9. The number of ether oxygens (including phenoxy) is 2. The molecule has 0 radical (unpaired) electrons. The molecule has 1 spiro atoms. The quantitative estimate of drug-likeness (QED) is 0.601. The third-order valence-electron chi connectivity index (χ3n) is 8.57. The van der Waals surface area contributed by atoms with Crippen LogP contribution in [0.5, 0.6) is 5.88 Å². The van der Waals surface area contributed by atoms with Crippen LogP contribution in [-0.4, -0.2) is 89.2 Å². The molecule has 1 saturated carbocycles. The second-order valence-electron chi connectivity index (χ2n) is 10.8. The Bertz CT molecular complexity index is 1180. The molecule has 4 heterocycles. The molecule has 198 valence electrons. The third kappa shape index (κ3) is 4.54. The van der Waals surface area contributed by atoms with Crippen molar-refractivity contribution in [3.05, 3.63) is 23.1 Å². The van der Waals surface area contributed by atoms with Crippen molar-refractivity contribution in [3.8, 4) is 17.4 Å². The Morgan fingerprint density at radius 3 is 2.73 bits per heavy atom. The normalized spacial score (nSPS) is 26.5. The zero-order chi connectivity index (χ0) is 25.4. The maximum Gasteiger partial charge on any atom is 0.272 e. The number of carbonyl (C=O) groups is 2. The summed E-state index contributed by atoms with van der Waals surface area (Å²) in [6, 6.07) is 1.95. The molecular formula is C27H35N5O5. The maximum absolute atomic E-state index is 13.4. The first-order chi connectivity index (χ1) is 18.0. The van der Waals surface area contributed by atoms with Gasteiger partial charge in [-0.15, -0.1) is 0 Å². The van der Waals surface area contributed by atoms with Crippen molar-refractivity contribution in [3.63, 3.8) is 0 Å². The van der Waals surface area contributed by atoms with Gasteiger partial charge < -0.3 is 23.8 Å². The van der Waals surface area contributed by atoms with Crippen LogP contribution in [0.3, 0.4) is 0 Å². The molecule has 3 fully saturated rings. The second-order valence-corrected chi connectivity index (χ2v) is 10.8. The number of rotatable bonds is 5. The third-order valence-corrected chi connectivity index (χ3v) is 8.57. The van der Waals surface area contributed by atoms with Crippen LogP contribution in [0.1, 0.15) is 73.2 Å². The van der Waals surface area contributed by atoms with Crippen molar-refractivity contribution < 1.29 is 23.6 Å². The molecule has 2 saturated heterocycles. The van der Waals surface area contributed by atoms with E-state index in [0.717, 1.165) is 63.5 Å². The summed E-state index contributed by atoms with van der Waals surface area (Å²) in [5.41, 5.74) is 1.12. The molecule has 0 unspecified atom stereocenters. The van der Waals surface area contributed by atoms with Crippen LogP contribution in [0.15, 0.2) is 10.6 Å². The molecule has 6 rings (SSSR count). The number of hydrogen-bond donors (Lipinski definition) is 0. The van der Waals surface area contributed by atoms with E-state index >= 15 is 0 Å². The van der Waals surface area contributed by atoms with Crippen molar-refractivity contribution >= 4 is 11.7 Å². The number of amides is 1. The average Bonchev–Trinajstić information content (AvgIpc) is 3.56. The number of Topliss-reactive ketones (excluding diaryl/α,β-unsaturated/α-hetero) is 1. The SMILES string of the molecule is CN1CCC[C@H]1COc1cc(C(=O)N2CCOCC2)nc(-c2noc3c2CCC[C@@]32CCCCC2=O)n1. The van der Waals surface area contributed by atoms with Crippen molar-refractivity contribution in [2.45, 2.75) is 69.2 Å². The molecule has 0 aromatic carbocycles. The van der Waals surface area contributed by atoms with Crippen LogP contribution in [0.4, 0.5) is 0 Å². The molecule has 10 heteroatoms. The molecule has 4 aliphatic rings. The Kier molecular flexibility index (Phi) is 6.71. The predicted molar refractivity (Wildman–Crippen MR) is 133 cm³/mol. The summed E-state index contributed by atoms with van der Waals surface area (Å²) in [5, 5.41) is 4.39. The Morgan fingerprint density at radius 1 is 1.11 bits per heavy atom. The van der Waals surface area contributed by atoms with Gasteiger partial charge in [0.05, 0.1) is 18.6 Å². The highest BCUT2D eigenvalue weighted by atomic mass is 16.5. The number of likely N-dealkylation sites (N-methyl/N-ethyl adjacent to an activating group) is 1. The van der Waals surface area contributed by atoms with Crippen LogP contribution >= 0.6 is 0 Å². The van der Waals surface area contributed by atoms with Crippen LogP contribution in [-0.2, 0) is 21.4 Å². The minimum Gasteiger partial charge on any atom is -0.476 e. The number of ketones is 1. The molecule has 2 aromatic rings. The van der Waals surface area contributed by atoms with Crippen molar-refractivity contribution in [2.75, 3.05) is 46.5 Å². The zero-order valence-corrected chi connectivity index (χ0v) is 21.5. The van der Waals surface area contributed by atoms with Gasteiger partial charge in [-0.2, -0.15) is 4.98 Å². The minimum atomic E-state index is -0.579. The van der Waals surface area contributed by atoms with E-state index in [1.807, 2.05) is 0 Å². The van der Waals surface area contributed by atoms with E-state index in [-0.39, 0.29) is 17.4 Å². The highest BCUT2D eigenvalue weighted by Crippen LogP contribution is 2.47. The number of morpholine rings is 1. The maximum atomic E-state index is 13.4. The number of fused-ring (bicyclic) bond motifs is 2. The minimum absolute atomic E-state index is 0.175. The summed E-state index contributed by atoms with van der Waals surface area (Å²) < 4.78 is 17.5. The second kappa shape index (κ2) is 10.1. The Morgan fingerprint density at radius 2 is 1.95 bits per heavy atom. The standard InChI is InChI=1S/C27H35N5O5/c1-31-11-5-6-18(31)17-36-22-16-20(26(34)32-12-14-35-15-13-32)28-25(29-22)23-19-7-4-10-27(24(19)37-30-23)9-3-2-8-21(27)33/h16,18H,2-15,17H2,1H3/t18-,27+/m0/s1. The van der Waals surface area contributed by atoms with E-state index in [4.69, 9.17) is 19.0 Å². The number of likely N-dealkylation sites (tertiary alicyclic amines) is 1. The molecule has 10 nitrogen and oxygen atoms in total. The summed E-state index contributed by atoms with van der Waals surface area (Å²) in [7, 11) is 2.10. The molecule has 0 bridgehead atoms. The number of nitrogens with zero attached hydrogens (tertiary/aromatic N) is 5. The van der Waals surface area contributed by atoms with Crippen LogP contribution in [0.2, 0.25) is 0 Å². The van der Waals surface area contributed by atoms with Gasteiger partial charge in [0.2, 0.25) is 5.88 Å². The summed E-state index contributed by atoms with van der Waals surface area (Å²) in [6.45, 7) is 3.60. The fraction of sp³-hybridized carbons (Fsp3) is 0.667. The summed E-state index contributed by atoms with van der Waals surface area (Å²) in [6.07, 6.45) is 7.97. The van der Waals surface area contributed by atoms with Crippen LogP contribution in [0.25, 0.3) is 11.5 Å². The lowest BCUT2D eigenvalue weighted by atomic mass is 9.64. The van der Waals surface area contributed by atoms with Gasteiger partial charge in [-0.3, -0.25) is 9.59 Å². The molecule has 2 aromatic heterocycles. The lowest BCUT2D eigenvalue weighted by Gasteiger charge is -2.36. The number of aromatic nitrogens is 3. The average molecular weight is 510 g/mol. The van der Waals surface area contributed by atoms with E-state index in [2.05, 4.69) is 22.1 Å². The molecular weight excluding hydrogens is 474 g/mol. The van der Waals surface area contributed by atoms with Gasteiger partial charge in [0, 0.05) is 37.2 Å². The van der Waals surface area contributed by atoms with E-state index in [1.54, 1.807) is 11.0 Å². The topological polar surface area (TPSA) is 111 Å². The summed E-state index contributed by atoms with van der Waals surface area (Å²) >= 11 is 0. The van der Waals surface area contributed by atoms with Crippen molar-refractivity contribution in [2.24, 2.45) is 0 Å². The first-order valence-corrected chi connectivity index (χ1v) is 13.7. The van der Waals surface area contributed by atoms with Crippen molar-refractivity contribution in [1.29, 1.82) is 0 Å². The summed E-state index contributed by atoms with van der Waals surface area (Å²) in [4.78, 5) is 39.9. The van der Waals surface area contributed by atoms with E-state index in [9.17, 15) is 9.59 Å². The summed E-state index contributed by atoms with van der Waals surface area (Å²) in [5.74, 6) is 1.44. The van der Waals surface area contributed by atoms with E-state index in [0.29, 0.717) is 68.5 Å². The highest BCUT2D eigenvalue weighted by Gasteiger charge is 2.48. The van der Waals surface area contributed by atoms with Gasteiger partial charge in [0.15, 0.2) is 17.3 Å². The van der Waals surface area contributed by atoms with Gasteiger partial charge in [-0.1, -0.05) is 11.6 Å². The lowest BCUT2D eigenvalue weighted by molar-refractivity contribution is -0.128. The molecule has 2 aliphatic carbocycles. The fourth-order valence-electron chi connectivity index (χ4n) is 6.38. The van der Waals surface area contributed by atoms with Crippen LogP contribution in [0, 0.1) is 0 Å². The zero-order valence-electron chi connectivity index (χ0n) is 21.5. The molecule has 37 heavy (non-hydrogen) atoms. The highest BCUT2D eigenvalue weighted by molar-refractivity contribution is 5.93. The number of carbonyl (C=O) groups excluding carboxylic acids is 2. The van der Waals surface area contributed by atoms with Gasteiger partial charge in [-0.05, 0) is 58.5 Å². The Hall–Kier alpha value is -2.85. The smallest absolute Gasteiger partial charge is 0.272 e. The monoisotopic (exact) mass is 509 g/mol. The van der Waals surface area contributed by atoms with Crippen LogP contribution < -0.4 is 4.74 Å². The molecule has 2 atom stereocenters. The van der Waals surface area contributed by atoms with Gasteiger partial charge >= 0.3 is 0 Å². The molecule has 1 amide bonds. The fourth-order valence-corrected chi connectivity index (χ4v) is 6.38. The molecule has 2 aliphatic heterocycles. The van der Waals surface area contributed by atoms with Gasteiger partial charge in [0.1, 0.15) is 18.1 Å². The van der Waals surface area contributed by atoms with Gasteiger partial charge in [-0.25, -0.2) is 4.98 Å². The first-order valence-electron chi connectivity index (χ1n) is 13.7.